The lowest BCUT2D eigenvalue weighted by atomic mass is 10.0. The second-order valence-electron chi connectivity index (χ2n) is 4.48. The van der Waals surface area contributed by atoms with Crippen molar-refractivity contribution >= 4 is 43.6 Å². The number of aromatic nitrogens is 1. The number of nitrogens with zero attached hydrogens (tertiary/aromatic N) is 1. The Kier molecular flexibility index (Phi) is 6.08. The van der Waals surface area contributed by atoms with Crippen LogP contribution in [0.15, 0.2) is 56.6 Å². The topological polar surface area (TPSA) is 38.9 Å². The third kappa shape index (κ3) is 4.32. The van der Waals surface area contributed by atoms with E-state index in [2.05, 4.69) is 68.0 Å². The summed E-state index contributed by atoms with van der Waals surface area (Å²) >= 11 is 8.59. The van der Waals surface area contributed by atoms with Gasteiger partial charge in [-0.25, -0.2) is 4.98 Å². The number of halogens is 2. The van der Waals surface area contributed by atoms with Crippen LogP contribution in [0.1, 0.15) is 24.2 Å². The first-order valence-corrected chi connectivity index (χ1v) is 8.86. The van der Waals surface area contributed by atoms with Crippen molar-refractivity contribution in [2.75, 3.05) is 0 Å². The Morgan fingerprint density at radius 3 is 2.30 bits per heavy atom. The van der Waals surface area contributed by atoms with Crippen LogP contribution in [0.4, 0.5) is 0 Å². The molecule has 20 heavy (non-hydrogen) atoms. The van der Waals surface area contributed by atoms with Gasteiger partial charge in [-0.15, -0.1) is 0 Å². The van der Waals surface area contributed by atoms with Crippen molar-refractivity contribution in [1.29, 1.82) is 0 Å². The summed E-state index contributed by atoms with van der Waals surface area (Å²) < 4.78 is 2.07. The molecule has 0 radical (unpaired) electrons. The molecule has 0 amide bonds. The SMILES string of the molecule is CCC(N)C(Sc1ccc(Br)cn1)c1ccc(Br)cc1. The molecule has 0 aliphatic heterocycles. The van der Waals surface area contributed by atoms with Gasteiger partial charge in [-0.2, -0.15) is 0 Å². The maximum Gasteiger partial charge on any atom is 0.0967 e. The van der Waals surface area contributed by atoms with Gasteiger partial charge < -0.3 is 5.73 Å². The summed E-state index contributed by atoms with van der Waals surface area (Å²) in [6.07, 6.45) is 2.75. The van der Waals surface area contributed by atoms with Crippen LogP contribution in [0.5, 0.6) is 0 Å². The van der Waals surface area contributed by atoms with Crippen molar-refractivity contribution in [2.45, 2.75) is 29.7 Å². The number of thioether (sulfide) groups is 1. The van der Waals surface area contributed by atoms with Crippen LogP contribution < -0.4 is 5.73 Å². The largest absolute Gasteiger partial charge is 0.326 e. The molecular weight excluding hydrogens is 400 g/mol. The van der Waals surface area contributed by atoms with E-state index < -0.39 is 0 Å². The van der Waals surface area contributed by atoms with Crippen LogP contribution in [0, 0.1) is 0 Å². The first kappa shape index (κ1) is 16.0. The van der Waals surface area contributed by atoms with Gasteiger partial charge in [-0.1, -0.05) is 46.7 Å². The number of pyridine rings is 1. The van der Waals surface area contributed by atoms with E-state index in [1.54, 1.807) is 11.8 Å². The lowest BCUT2D eigenvalue weighted by molar-refractivity contribution is 0.633. The minimum absolute atomic E-state index is 0.103. The molecule has 0 aliphatic rings. The molecule has 1 aromatic heterocycles. The molecule has 2 unspecified atom stereocenters. The fraction of sp³-hybridized carbons (Fsp3) is 0.267. The molecule has 0 aliphatic carbocycles. The van der Waals surface area contributed by atoms with Crippen molar-refractivity contribution in [3.8, 4) is 0 Å². The Balaban J connectivity index is 2.23. The van der Waals surface area contributed by atoms with Crippen molar-refractivity contribution in [2.24, 2.45) is 5.73 Å². The number of hydrogen-bond acceptors (Lipinski definition) is 3. The molecule has 0 fully saturated rings. The zero-order valence-corrected chi connectivity index (χ0v) is 15.1. The molecule has 0 saturated heterocycles. The number of rotatable bonds is 5. The number of benzene rings is 1. The third-order valence-electron chi connectivity index (χ3n) is 3.01. The molecule has 2 rings (SSSR count). The maximum atomic E-state index is 6.30. The van der Waals surface area contributed by atoms with Gasteiger partial charge >= 0.3 is 0 Å². The molecule has 5 heteroatoms. The highest BCUT2D eigenvalue weighted by Crippen LogP contribution is 2.37. The van der Waals surface area contributed by atoms with Crippen LogP contribution in [0.3, 0.4) is 0 Å². The predicted octanol–water partition coefficient (Wildman–Crippen LogP) is 5.18. The van der Waals surface area contributed by atoms with E-state index in [9.17, 15) is 0 Å². The minimum Gasteiger partial charge on any atom is -0.326 e. The first-order chi connectivity index (χ1) is 9.60. The third-order valence-corrected chi connectivity index (χ3v) is 5.36. The zero-order chi connectivity index (χ0) is 14.5. The molecule has 0 bridgehead atoms. The molecule has 2 atom stereocenters. The predicted molar refractivity (Wildman–Crippen MR) is 92.9 cm³/mol. The molecule has 0 saturated carbocycles. The summed E-state index contributed by atoms with van der Waals surface area (Å²) in [6.45, 7) is 2.12. The van der Waals surface area contributed by atoms with E-state index in [4.69, 9.17) is 5.73 Å². The van der Waals surface area contributed by atoms with Crippen molar-refractivity contribution in [3.05, 3.63) is 57.1 Å². The molecule has 106 valence electrons. The smallest absolute Gasteiger partial charge is 0.0967 e. The van der Waals surface area contributed by atoms with E-state index in [1.807, 2.05) is 18.3 Å². The first-order valence-electron chi connectivity index (χ1n) is 6.39. The lowest BCUT2D eigenvalue weighted by Crippen LogP contribution is -2.25. The molecule has 2 nitrogen and oxygen atoms in total. The van der Waals surface area contributed by atoms with Gasteiger partial charge in [0.2, 0.25) is 0 Å². The highest BCUT2D eigenvalue weighted by molar-refractivity contribution is 9.10. The fourth-order valence-corrected chi connectivity index (χ4v) is 3.51. The highest BCUT2D eigenvalue weighted by Gasteiger charge is 2.20. The van der Waals surface area contributed by atoms with E-state index in [1.165, 1.54) is 5.56 Å². The molecule has 1 heterocycles. The molecule has 2 N–H and O–H groups in total. The monoisotopic (exact) mass is 414 g/mol. The average Bonchev–Trinajstić information content (AvgIpc) is 2.47. The summed E-state index contributed by atoms with van der Waals surface area (Å²) in [4.78, 5) is 4.43. The van der Waals surface area contributed by atoms with E-state index >= 15 is 0 Å². The Morgan fingerprint density at radius 2 is 1.75 bits per heavy atom. The van der Waals surface area contributed by atoms with Gasteiger partial charge in [0.1, 0.15) is 0 Å². The quantitative estimate of drug-likeness (QED) is 0.684. The lowest BCUT2D eigenvalue weighted by Gasteiger charge is -2.22. The van der Waals surface area contributed by atoms with E-state index in [-0.39, 0.29) is 11.3 Å². The average molecular weight is 416 g/mol. The Morgan fingerprint density at radius 1 is 1.10 bits per heavy atom. The van der Waals surface area contributed by atoms with Crippen molar-refractivity contribution < 1.29 is 0 Å². The Hall–Kier alpha value is -0.360. The zero-order valence-electron chi connectivity index (χ0n) is 11.1. The highest BCUT2D eigenvalue weighted by atomic mass is 79.9. The van der Waals surface area contributed by atoms with Crippen LogP contribution in [0.2, 0.25) is 0 Å². The summed E-state index contributed by atoms with van der Waals surface area (Å²) in [5.74, 6) is 0. The number of nitrogens with two attached hydrogens (primary N) is 1. The maximum absolute atomic E-state index is 6.30. The second kappa shape index (κ2) is 7.59. The Bertz CT molecular complexity index is 543. The van der Waals surface area contributed by atoms with Crippen LogP contribution in [-0.4, -0.2) is 11.0 Å². The summed E-state index contributed by atoms with van der Waals surface area (Å²) in [5, 5.41) is 1.20. The standard InChI is InChI=1S/C15H16Br2N2S/c1-2-13(18)15(10-3-5-11(16)6-4-10)20-14-8-7-12(17)9-19-14/h3-9,13,15H,2,18H2,1H3. The number of hydrogen-bond donors (Lipinski definition) is 1. The van der Waals surface area contributed by atoms with Crippen molar-refractivity contribution in [1.82, 2.24) is 4.98 Å². The van der Waals surface area contributed by atoms with Gasteiger partial charge in [0.15, 0.2) is 0 Å². The Labute approximate surface area is 140 Å². The summed E-state index contributed by atoms with van der Waals surface area (Å²) in [5.41, 5.74) is 7.53. The minimum atomic E-state index is 0.103. The molecular formula is C15H16Br2N2S. The van der Waals surface area contributed by atoms with Crippen LogP contribution in [0.25, 0.3) is 0 Å². The summed E-state index contributed by atoms with van der Waals surface area (Å²) in [7, 11) is 0. The molecule has 1 aromatic carbocycles. The van der Waals surface area contributed by atoms with E-state index in [0.717, 1.165) is 20.4 Å². The van der Waals surface area contributed by atoms with Crippen LogP contribution >= 0.6 is 43.6 Å². The molecule has 0 spiro atoms. The van der Waals surface area contributed by atoms with E-state index in [0.29, 0.717) is 0 Å². The van der Waals surface area contributed by atoms with Crippen molar-refractivity contribution in [3.63, 3.8) is 0 Å². The summed E-state index contributed by atoms with van der Waals surface area (Å²) in [6, 6.07) is 12.5. The van der Waals surface area contributed by atoms with Gasteiger partial charge in [0.05, 0.1) is 10.3 Å². The second-order valence-corrected chi connectivity index (χ2v) is 7.47. The van der Waals surface area contributed by atoms with Crippen LogP contribution in [-0.2, 0) is 0 Å². The van der Waals surface area contributed by atoms with Gasteiger partial charge in [0, 0.05) is 21.2 Å². The van der Waals surface area contributed by atoms with Gasteiger partial charge in [-0.3, -0.25) is 0 Å². The van der Waals surface area contributed by atoms with Gasteiger partial charge in [0.25, 0.3) is 0 Å². The van der Waals surface area contributed by atoms with Gasteiger partial charge in [-0.05, 0) is 52.2 Å². The fourth-order valence-electron chi connectivity index (χ4n) is 1.83. The molecule has 2 aromatic rings. The normalized spacial score (nSPS) is 14.0.